The lowest BCUT2D eigenvalue weighted by atomic mass is 9.96. The molecule has 3 aromatic rings. The maximum atomic E-state index is 12.7. The number of anilines is 1. The van der Waals surface area contributed by atoms with Gasteiger partial charge in [-0.3, -0.25) is 4.79 Å². The van der Waals surface area contributed by atoms with E-state index in [2.05, 4.69) is 25.3 Å². The van der Waals surface area contributed by atoms with Crippen LogP contribution in [0.2, 0.25) is 5.02 Å². The van der Waals surface area contributed by atoms with Crippen molar-refractivity contribution in [1.82, 2.24) is 20.4 Å². The van der Waals surface area contributed by atoms with Crippen LogP contribution in [0.4, 0.5) is 5.82 Å². The van der Waals surface area contributed by atoms with E-state index in [1.807, 2.05) is 31.2 Å². The Labute approximate surface area is 161 Å². The summed E-state index contributed by atoms with van der Waals surface area (Å²) in [5.41, 5.74) is 2.26. The molecule has 140 valence electrons. The number of fused-ring (bicyclic) bond motifs is 1. The zero-order valence-corrected chi connectivity index (χ0v) is 15.7. The first-order chi connectivity index (χ1) is 13.1. The van der Waals surface area contributed by atoms with Gasteiger partial charge in [0.1, 0.15) is 17.5 Å². The third-order valence-corrected chi connectivity index (χ3v) is 5.15. The standard InChI is InChI=1S/C19H20ClN5O2/c1-12-16-17(22-11-23-19(16)27-24-12)25-8-2-3-14(10-25)18(26)21-9-13-4-6-15(20)7-5-13/h4-7,11,14H,2-3,8-10H2,1H3,(H,21,26)/t14-/m0/s1. The van der Waals surface area contributed by atoms with Crippen molar-refractivity contribution in [3.63, 3.8) is 0 Å². The van der Waals surface area contributed by atoms with Gasteiger partial charge in [0.2, 0.25) is 5.91 Å². The van der Waals surface area contributed by atoms with Crippen LogP contribution in [-0.4, -0.2) is 34.1 Å². The van der Waals surface area contributed by atoms with E-state index >= 15 is 0 Å². The average molecular weight is 386 g/mol. The van der Waals surface area contributed by atoms with Crippen LogP contribution >= 0.6 is 11.6 Å². The first kappa shape index (κ1) is 17.7. The molecule has 27 heavy (non-hydrogen) atoms. The molecule has 1 saturated heterocycles. The normalized spacial score (nSPS) is 17.3. The lowest BCUT2D eigenvalue weighted by molar-refractivity contribution is -0.125. The summed E-state index contributed by atoms with van der Waals surface area (Å²) in [6, 6.07) is 7.49. The van der Waals surface area contributed by atoms with Crippen molar-refractivity contribution in [3.05, 3.63) is 46.9 Å². The molecule has 1 atom stereocenters. The predicted octanol–water partition coefficient (Wildman–Crippen LogP) is 3.11. The number of aromatic nitrogens is 3. The van der Waals surface area contributed by atoms with Gasteiger partial charge in [-0.1, -0.05) is 28.9 Å². The molecule has 0 spiro atoms. The van der Waals surface area contributed by atoms with Gasteiger partial charge in [0.05, 0.1) is 11.6 Å². The molecule has 1 amide bonds. The third kappa shape index (κ3) is 3.73. The van der Waals surface area contributed by atoms with Gasteiger partial charge in [-0.05, 0) is 37.5 Å². The van der Waals surface area contributed by atoms with E-state index in [4.69, 9.17) is 16.1 Å². The second kappa shape index (κ2) is 7.52. The van der Waals surface area contributed by atoms with Gasteiger partial charge in [-0.15, -0.1) is 0 Å². The number of amides is 1. The first-order valence-electron chi connectivity index (χ1n) is 8.96. The van der Waals surface area contributed by atoms with Crippen molar-refractivity contribution in [2.45, 2.75) is 26.3 Å². The second-order valence-electron chi connectivity index (χ2n) is 6.77. The van der Waals surface area contributed by atoms with E-state index in [0.29, 0.717) is 23.8 Å². The third-order valence-electron chi connectivity index (χ3n) is 4.90. The van der Waals surface area contributed by atoms with Gasteiger partial charge in [0.15, 0.2) is 0 Å². The molecule has 0 radical (unpaired) electrons. The Morgan fingerprint density at radius 2 is 2.15 bits per heavy atom. The SMILES string of the molecule is Cc1noc2ncnc(N3CCC[C@H](C(=O)NCc4ccc(Cl)cc4)C3)c12. The van der Waals surface area contributed by atoms with Crippen molar-refractivity contribution in [2.75, 3.05) is 18.0 Å². The van der Waals surface area contributed by atoms with Crippen LogP contribution in [0.5, 0.6) is 0 Å². The molecule has 4 rings (SSSR count). The number of aryl methyl sites for hydroxylation is 1. The van der Waals surface area contributed by atoms with Gasteiger partial charge in [0, 0.05) is 24.7 Å². The summed E-state index contributed by atoms with van der Waals surface area (Å²) in [6.45, 7) is 3.83. The fourth-order valence-electron chi connectivity index (χ4n) is 3.46. The maximum Gasteiger partial charge on any atom is 0.263 e. The Balaban J connectivity index is 1.45. The number of halogens is 1. The van der Waals surface area contributed by atoms with E-state index in [0.717, 1.165) is 41.8 Å². The zero-order chi connectivity index (χ0) is 18.8. The Kier molecular flexibility index (Phi) is 4.94. The van der Waals surface area contributed by atoms with Crippen LogP contribution in [0.25, 0.3) is 11.1 Å². The molecule has 0 unspecified atom stereocenters. The van der Waals surface area contributed by atoms with E-state index in [1.54, 1.807) is 0 Å². The fourth-order valence-corrected chi connectivity index (χ4v) is 3.59. The maximum absolute atomic E-state index is 12.7. The Morgan fingerprint density at radius 1 is 1.33 bits per heavy atom. The van der Waals surface area contributed by atoms with Gasteiger partial charge in [0.25, 0.3) is 5.71 Å². The van der Waals surface area contributed by atoms with E-state index in [1.165, 1.54) is 6.33 Å². The Hall–Kier alpha value is -2.67. The highest BCUT2D eigenvalue weighted by Gasteiger charge is 2.28. The molecule has 0 saturated carbocycles. The molecule has 0 aliphatic carbocycles. The number of rotatable bonds is 4. The number of carbonyl (C=O) groups is 1. The number of hydrogen-bond acceptors (Lipinski definition) is 6. The van der Waals surface area contributed by atoms with Crippen molar-refractivity contribution in [3.8, 4) is 0 Å². The number of benzene rings is 1. The molecule has 1 N–H and O–H groups in total. The molecule has 1 fully saturated rings. The number of hydrogen-bond donors (Lipinski definition) is 1. The highest BCUT2D eigenvalue weighted by atomic mass is 35.5. The summed E-state index contributed by atoms with van der Waals surface area (Å²) in [5, 5.41) is 8.52. The minimum absolute atomic E-state index is 0.0574. The monoisotopic (exact) mass is 385 g/mol. The van der Waals surface area contributed by atoms with Crippen molar-refractivity contribution >= 4 is 34.4 Å². The van der Waals surface area contributed by atoms with Crippen molar-refractivity contribution in [2.24, 2.45) is 5.92 Å². The van der Waals surface area contributed by atoms with Gasteiger partial charge in [-0.25, -0.2) is 4.98 Å². The first-order valence-corrected chi connectivity index (χ1v) is 9.33. The minimum Gasteiger partial charge on any atom is -0.355 e. The molecular weight excluding hydrogens is 366 g/mol. The smallest absolute Gasteiger partial charge is 0.263 e. The minimum atomic E-state index is -0.0868. The van der Waals surface area contributed by atoms with Crippen LogP contribution in [0.15, 0.2) is 35.1 Å². The van der Waals surface area contributed by atoms with E-state index < -0.39 is 0 Å². The molecule has 2 aromatic heterocycles. The molecule has 0 bridgehead atoms. The van der Waals surface area contributed by atoms with Crippen LogP contribution in [0.3, 0.4) is 0 Å². The van der Waals surface area contributed by atoms with Crippen molar-refractivity contribution < 1.29 is 9.32 Å². The van der Waals surface area contributed by atoms with Gasteiger partial charge in [-0.2, -0.15) is 4.98 Å². The average Bonchev–Trinajstić information content (AvgIpc) is 3.08. The molecule has 3 heterocycles. The zero-order valence-electron chi connectivity index (χ0n) is 15.0. The lowest BCUT2D eigenvalue weighted by Gasteiger charge is -2.33. The van der Waals surface area contributed by atoms with Gasteiger partial charge < -0.3 is 14.7 Å². The summed E-state index contributed by atoms with van der Waals surface area (Å²) in [6.07, 6.45) is 3.27. The predicted molar refractivity (Wildman–Crippen MR) is 103 cm³/mol. The number of piperidine rings is 1. The molecule has 1 aromatic carbocycles. The summed E-state index contributed by atoms with van der Waals surface area (Å²) in [7, 11) is 0. The van der Waals surface area contributed by atoms with Crippen LogP contribution < -0.4 is 10.2 Å². The van der Waals surface area contributed by atoms with E-state index in [-0.39, 0.29) is 11.8 Å². The highest BCUT2D eigenvalue weighted by Crippen LogP contribution is 2.29. The highest BCUT2D eigenvalue weighted by molar-refractivity contribution is 6.30. The second-order valence-corrected chi connectivity index (χ2v) is 7.21. The quantitative estimate of drug-likeness (QED) is 0.742. The molecule has 8 heteroatoms. The topological polar surface area (TPSA) is 84.2 Å². The van der Waals surface area contributed by atoms with Crippen LogP contribution in [0.1, 0.15) is 24.1 Å². The van der Waals surface area contributed by atoms with Crippen LogP contribution in [-0.2, 0) is 11.3 Å². The molecule has 7 nitrogen and oxygen atoms in total. The number of nitrogens with zero attached hydrogens (tertiary/aromatic N) is 4. The Bertz CT molecular complexity index is 956. The van der Waals surface area contributed by atoms with Crippen LogP contribution in [0, 0.1) is 12.8 Å². The molecule has 1 aliphatic rings. The van der Waals surface area contributed by atoms with Gasteiger partial charge >= 0.3 is 0 Å². The molecule has 1 aliphatic heterocycles. The van der Waals surface area contributed by atoms with E-state index in [9.17, 15) is 4.79 Å². The number of nitrogens with one attached hydrogen (secondary N) is 1. The largest absolute Gasteiger partial charge is 0.355 e. The summed E-state index contributed by atoms with van der Waals surface area (Å²) in [4.78, 5) is 23.4. The molecular formula is C19H20ClN5O2. The lowest BCUT2D eigenvalue weighted by Crippen LogP contribution is -2.43. The van der Waals surface area contributed by atoms with Crippen molar-refractivity contribution in [1.29, 1.82) is 0 Å². The summed E-state index contributed by atoms with van der Waals surface area (Å²) in [5.74, 6) is 0.757. The summed E-state index contributed by atoms with van der Waals surface area (Å²) >= 11 is 5.90. The Morgan fingerprint density at radius 3 is 2.96 bits per heavy atom. The number of carbonyl (C=O) groups excluding carboxylic acids is 1. The summed E-state index contributed by atoms with van der Waals surface area (Å²) < 4.78 is 5.23. The fraction of sp³-hybridized carbons (Fsp3) is 0.368.